The van der Waals surface area contributed by atoms with Gasteiger partial charge in [0.2, 0.25) is 0 Å². The molecule has 0 aliphatic carbocycles. The highest BCUT2D eigenvalue weighted by Gasteiger charge is 2.28. The molecule has 1 aromatic carbocycles. The molecule has 2 aromatic rings. The molecule has 1 aromatic heterocycles. The molecule has 132 valence electrons. The van der Waals surface area contributed by atoms with Gasteiger partial charge in [0.05, 0.1) is 6.04 Å². The van der Waals surface area contributed by atoms with Crippen molar-refractivity contribution in [1.82, 2.24) is 9.62 Å². The molecule has 5 heteroatoms. The molecule has 1 heterocycles. The van der Waals surface area contributed by atoms with Crippen LogP contribution in [0.1, 0.15) is 44.2 Å². The third-order valence-electron chi connectivity index (χ3n) is 3.66. The summed E-state index contributed by atoms with van der Waals surface area (Å²) in [4.78, 5) is 4.66. The SMILES string of the molecule is CC(N[S@+]([O-])C(C)(C)C)c1ccc(-c2ccccc2CN(C)C)s1. The van der Waals surface area contributed by atoms with Crippen molar-refractivity contribution < 1.29 is 4.55 Å². The normalized spacial score (nSPS) is 14.8. The molecule has 0 aliphatic rings. The highest BCUT2D eigenvalue weighted by molar-refractivity contribution is 7.90. The minimum Gasteiger partial charge on any atom is -0.598 e. The Kier molecular flexibility index (Phi) is 6.51. The summed E-state index contributed by atoms with van der Waals surface area (Å²) in [7, 11) is 4.18. The summed E-state index contributed by atoms with van der Waals surface area (Å²) in [6, 6.07) is 12.9. The van der Waals surface area contributed by atoms with Crippen molar-refractivity contribution in [2.45, 2.75) is 45.0 Å². The molecule has 1 N–H and O–H groups in total. The van der Waals surface area contributed by atoms with Gasteiger partial charge in [-0.15, -0.1) is 16.1 Å². The van der Waals surface area contributed by atoms with E-state index in [0.717, 1.165) is 6.54 Å². The molecule has 0 saturated heterocycles. The van der Waals surface area contributed by atoms with Gasteiger partial charge in [0.25, 0.3) is 0 Å². The molecule has 0 fully saturated rings. The number of nitrogens with zero attached hydrogens (tertiary/aromatic N) is 1. The molecule has 2 rings (SSSR count). The van der Waals surface area contributed by atoms with E-state index in [1.54, 1.807) is 11.3 Å². The number of thiophene rings is 1. The second-order valence-electron chi connectivity index (χ2n) is 7.32. The van der Waals surface area contributed by atoms with E-state index >= 15 is 0 Å². The number of hydrogen-bond donors (Lipinski definition) is 1. The average molecular weight is 365 g/mol. The van der Waals surface area contributed by atoms with Gasteiger partial charge >= 0.3 is 0 Å². The van der Waals surface area contributed by atoms with E-state index in [-0.39, 0.29) is 10.8 Å². The quantitative estimate of drug-likeness (QED) is 0.762. The Bertz CT molecular complexity index is 661. The minimum atomic E-state index is -1.07. The zero-order valence-electron chi connectivity index (χ0n) is 15.4. The van der Waals surface area contributed by atoms with Gasteiger partial charge in [-0.3, -0.25) is 0 Å². The van der Waals surface area contributed by atoms with Gasteiger partial charge < -0.3 is 9.45 Å². The molecule has 2 atom stereocenters. The van der Waals surface area contributed by atoms with Crippen molar-refractivity contribution in [2.24, 2.45) is 0 Å². The number of benzene rings is 1. The molecular formula is C19H28N2OS2. The zero-order valence-corrected chi connectivity index (χ0v) is 17.1. The summed E-state index contributed by atoms with van der Waals surface area (Å²) in [6.45, 7) is 8.96. The van der Waals surface area contributed by atoms with Gasteiger partial charge in [0, 0.05) is 27.7 Å². The van der Waals surface area contributed by atoms with Gasteiger partial charge in [-0.2, -0.15) is 0 Å². The van der Waals surface area contributed by atoms with Crippen molar-refractivity contribution in [1.29, 1.82) is 0 Å². The van der Waals surface area contributed by atoms with Crippen molar-refractivity contribution in [3.05, 3.63) is 46.8 Å². The predicted octanol–water partition coefficient (Wildman–Crippen LogP) is 4.59. The second-order valence-corrected chi connectivity index (χ2v) is 10.4. The molecule has 0 aliphatic heterocycles. The first-order valence-corrected chi connectivity index (χ1v) is 10.2. The first kappa shape index (κ1) is 19.5. The van der Waals surface area contributed by atoms with E-state index in [2.05, 4.69) is 67.0 Å². The average Bonchev–Trinajstić information content (AvgIpc) is 2.96. The van der Waals surface area contributed by atoms with Crippen LogP contribution < -0.4 is 4.72 Å². The van der Waals surface area contributed by atoms with Crippen molar-refractivity contribution >= 4 is 22.7 Å². The maximum Gasteiger partial charge on any atom is 0.136 e. The molecule has 0 amide bonds. The maximum atomic E-state index is 12.3. The van der Waals surface area contributed by atoms with E-state index < -0.39 is 11.4 Å². The molecule has 0 bridgehead atoms. The molecule has 0 spiro atoms. The molecule has 3 nitrogen and oxygen atoms in total. The Hall–Kier alpha value is -0.850. The predicted molar refractivity (Wildman–Crippen MR) is 107 cm³/mol. The Morgan fingerprint density at radius 3 is 2.46 bits per heavy atom. The van der Waals surface area contributed by atoms with Gasteiger partial charge in [-0.05, 0) is 65.0 Å². The summed E-state index contributed by atoms with van der Waals surface area (Å²) in [5.74, 6) is 0. The lowest BCUT2D eigenvalue weighted by Gasteiger charge is -2.26. The number of rotatable bonds is 6. The third-order valence-corrected chi connectivity index (χ3v) is 6.64. The fraction of sp³-hybridized carbons (Fsp3) is 0.474. The van der Waals surface area contributed by atoms with E-state index in [4.69, 9.17) is 0 Å². The van der Waals surface area contributed by atoms with E-state index in [1.807, 2.05) is 20.8 Å². The van der Waals surface area contributed by atoms with Crippen LogP contribution in [0, 0.1) is 0 Å². The highest BCUT2D eigenvalue weighted by Crippen LogP contribution is 2.34. The molecule has 0 saturated carbocycles. The lowest BCUT2D eigenvalue weighted by atomic mass is 10.1. The summed E-state index contributed by atoms with van der Waals surface area (Å²) in [6.07, 6.45) is 0. The van der Waals surface area contributed by atoms with Gasteiger partial charge in [-0.1, -0.05) is 24.3 Å². The van der Waals surface area contributed by atoms with Gasteiger partial charge in [-0.25, -0.2) is 0 Å². The molecule has 24 heavy (non-hydrogen) atoms. The topological polar surface area (TPSA) is 38.3 Å². The summed E-state index contributed by atoms with van der Waals surface area (Å²) in [5, 5.41) is 0. The monoisotopic (exact) mass is 364 g/mol. The van der Waals surface area contributed by atoms with Crippen LogP contribution in [-0.4, -0.2) is 28.3 Å². The van der Waals surface area contributed by atoms with Crippen LogP contribution in [0.5, 0.6) is 0 Å². The highest BCUT2D eigenvalue weighted by atomic mass is 32.2. The smallest absolute Gasteiger partial charge is 0.136 e. The molecular weight excluding hydrogens is 336 g/mol. The summed E-state index contributed by atoms with van der Waals surface area (Å²) in [5.41, 5.74) is 2.61. The third kappa shape index (κ3) is 5.07. The summed E-state index contributed by atoms with van der Waals surface area (Å²) >= 11 is 0.707. The number of hydrogen-bond acceptors (Lipinski definition) is 4. The largest absolute Gasteiger partial charge is 0.598 e. The zero-order chi connectivity index (χ0) is 17.9. The van der Waals surface area contributed by atoms with Crippen molar-refractivity contribution in [3.8, 4) is 10.4 Å². The maximum absolute atomic E-state index is 12.3. The van der Waals surface area contributed by atoms with E-state index in [9.17, 15) is 4.55 Å². The Labute approximate surface area is 153 Å². The van der Waals surface area contributed by atoms with E-state index in [0.29, 0.717) is 0 Å². The van der Waals surface area contributed by atoms with Crippen LogP contribution in [0.25, 0.3) is 10.4 Å². The summed E-state index contributed by atoms with van der Waals surface area (Å²) < 4.78 is 15.3. The van der Waals surface area contributed by atoms with Gasteiger partial charge in [0.1, 0.15) is 4.75 Å². The number of nitrogens with one attached hydrogen (secondary N) is 1. The minimum absolute atomic E-state index is 0.0739. The van der Waals surface area contributed by atoms with Crippen LogP contribution in [0.2, 0.25) is 0 Å². The Morgan fingerprint density at radius 2 is 1.83 bits per heavy atom. The van der Waals surface area contributed by atoms with Crippen LogP contribution in [0.15, 0.2) is 36.4 Å². The van der Waals surface area contributed by atoms with E-state index in [1.165, 1.54) is 20.9 Å². The van der Waals surface area contributed by atoms with Crippen LogP contribution in [-0.2, 0) is 17.9 Å². The fourth-order valence-corrected chi connectivity index (χ4v) is 4.31. The molecule has 0 radical (unpaired) electrons. The lowest BCUT2D eigenvalue weighted by Crippen LogP contribution is -2.40. The fourth-order valence-electron chi connectivity index (χ4n) is 2.36. The van der Waals surface area contributed by atoms with Crippen LogP contribution >= 0.6 is 11.3 Å². The molecule has 1 unspecified atom stereocenters. The lowest BCUT2D eigenvalue weighted by molar-refractivity contribution is 0.403. The standard InChI is InChI=1S/C19H28N2OS2/c1-14(20-24(22)19(2,3)4)17-11-12-18(23-17)16-10-8-7-9-15(16)13-21(5)6/h7-12,14,20H,13H2,1-6H3/t14?,24-/m1/s1. The Balaban J connectivity index is 2.19. The first-order valence-electron chi connectivity index (χ1n) is 8.19. The second kappa shape index (κ2) is 8.02. The first-order chi connectivity index (χ1) is 11.2. The van der Waals surface area contributed by atoms with Crippen LogP contribution in [0.3, 0.4) is 0 Å². The van der Waals surface area contributed by atoms with Gasteiger partial charge in [0.15, 0.2) is 0 Å². The Morgan fingerprint density at radius 1 is 1.17 bits per heavy atom. The van der Waals surface area contributed by atoms with Crippen molar-refractivity contribution in [2.75, 3.05) is 14.1 Å². The van der Waals surface area contributed by atoms with Crippen molar-refractivity contribution in [3.63, 3.8) is 0 Å². The van der Waals surface area contributed by atoms with Crippen LogP contribution in [0.4, 0.5) is 0 Å².